The Morgan fingerprint density at radius 3 is 2.39 bits per heavy atom. The molecule has 1 unspecified atom stereocenters. The van der Waals surface area contributed by atoms with Crippen LogP contribution in [0.15, 0.2) is 24.3 Å². The first-order valence-electron chi connectivity index (χ1n) is 7.55. The predicted molar refractivity (Wildman–Crippen MR) is 101 cm³/mol. The van der Waals surface area contributed by atoms with E-state index in [2.05, 4.69) is 22.3 Å². The van der Waals surface area contributed by atoms with E-state index in [1.807, 2.05) is 19.1 Å². The lowest BCUT2D eigenvalue weighted by Crippen LogP contribution is -2.46. The van der Waals surface area contributed by atoms with Crippen molar-refractivity contribution in [2.24, 2.45) is 11.7 Å². The van der Waals surface area contributed by atoms with E-state index in [1.165, 1.54) is 5.56 Å². The molecule has 7 heteroatoms. The number of nitrogens with two attached hydrogens (primary N) is 1. The fourth-order valence-electron chi connectivity index (χ4n) is 2.53. The minimum atomic E-state index is -0.0999. The zero-order chi connectivity index (χ0) is 15.2. The Balaban J connectivity index is 0.00000242. The van der Waals surface area contributed by atoms with Crippen molar-refractivity contribution >= 4 is 42.3 Å². The van der Waals surface area contributed by atoms with Crippen molar-refractivity contribution in [3.63, 3.8) is 0 Å². The summed E-state index contributed by atoms with van der Waals surface area (Å²) in [5.41, 5.74) is 6.79. The first-order chi connectivity index (χ1) is 10.1. The van der Waals surface area contributed by atoms with Gasteiger partial charge in [0, 0.05) is 43.2 Å². The molecular formula is C16H26Cl3N3O. The molecule has 0 radical (unpaired) electrons. The SMILES string of the molecule is CC(CN)C(=O)NC1CCN(Cc2ccc(Cl)cc2)CC1.Cl.Cl. The van der Waals surface area contributed by atoms with Crippen molar-refractivity contribution in [2.75, 3.05) is 19.6 Å². The summed E-state index contributed by atoms with van der Waals surface area (Å²) in [4.78, 5) is 14.2. The van der Waals surface area contributed by atoms with Crippen LogP contribution in [0.5, 0.6) is 0 Å². The van der Waals surface area contributed by atoms with E-state index in [0.29, 0.717) is 6.54 Å². The molecule has 0 aromatic heterocycles. The smallest absolute Gasteiger partial charge is 0.224 e. The number of likely N-dealkylation sites (tertiary alicyclic amines) is 1. The van der Waals surface area contributed by atoms with Gasteiger partial charge >= 0.3 is 0 Å². The van der Waals surface area contributed by atoms with Crippen molar-refractivity contribution < 1.29 is 4.79 Å². The largest absolute Gasteiger partial charge is 0.353 e. The van der Waals surface area contributed by atoms with E-state index in [1.54, 1.807) is 0 Å². The van der Waals surface area contributed by atoms with Crippen LogP contribution in [0.4, 0.5) is 0 Å². The van der Waals surface area contributed by atoms with E-state index in [0.717, 1.165) is 37.5 Å². The molecule has 132 valence electrons. The summed E-state index contributed by atoms with van der Waals surface area (Å²) in [5, 5.41) is 3.87. The lowest BCUT2D eigenvalue weighted by Gasteiger charge is -2.32. The average molecular weight is 383 g/mol. The monoisotopic (exact) mass is 381 g/mol. The molecule has 1 amide bonds. The fraction of sp³-hybridized carbons (Fsp3) is 0.562. The maximum absolute atomic E-state index is 11.8. The molecular weight excluding hydrogens is 357 g/mol. The van der Waals surface area contributed by atoms with E-state index < -0.39 is 0 Å². The number of carbonyl (C=O) groups excluding carboxylic acids is 1. The van der Waals surface area contributed by atoms with Gasteiger partial charge in [-0.3, -0.25) is 9.69 Å². The number of benzene rings is 1. The molecule has 1 heterocycles. The van der Waals surface area contributed by atoms with Gasteiger partial charge in [0.05, 0.1) is 0 Å². The number of rotatable bonds is 5. The Kier molecular flexibility index (Phi) is 10.9. The maximum atomic E-state index is 11.8. The van der Waals surface area contributed by atoms with E-state index >= 15 is 0 Å². The molecule has 1 aromatic carbocycles. The molecule has 1 aromatic rings. The Morgan fingerprint density at radius 2 is 1.87 bits per heavy atom. The number of hydrogen-bond acceptors (Lipinski definition) is 3. The molecule has 1 aliphatic rings. The topological polar surface area (TPSA) is 58.4 Å². The molecule has 0 spiro atoms. The van der Waals surface area contributed by atoms with E-state index in [9.17, 15) is 4.79 Å². The van der Waals surface area contributed by atoms with Gasteiger partial charge in [-0.25, -0.2) is 0 Å². The number of nitrogens with zero attached hydrogens (tertiary/aromatic N) is 1. The first-order valence-corrected chi connectivity index (χ1v) is 7.93. The molecule has 23 heavy (non-hydrogen) atoms. The van der Waals surface area contributed by atoms with Gasteiger partial charge in [-0.1, -0.05) is 30.7 Å². The molecule has 4 nitrogen and oxygen atoms in total. The first kappa shape index (κ1) is 22.5. The zero-order valence-electron chi connectivity index (χ0n) is 13.3. The minimum absolute atomic E-state index is 0. The summed E-state index contributed by atoms with van der Waals surface area (Å²) in [6, 6.07) is 8.28. The van der Waals surface area contributed by atoms with Crippen molar-refractivity contribution in [1.82, 2.24) is 10.2 Å². The number of hydrogen-bond donors (Lipinski definition) is 2. The fourth-order valence-corrected chi connectivity index (χ4v) is 2.66. The highest BCUT2D eigenvalue weighted by Crippen LogP contribution is 2.16. The Bertz CT molecular complexity index is 462. The highest BCUT2D eigenvalue weighted by Gasteiger charge is 2.22. The Morgan fingerprint density at radius 1 is 1.30 bits per heavy atom. The second-order valence-corrected chi connectivity index (χ2v) is 6.26. The Labute approximate surface area is 155 Å². The summed E-state index contributed by atoms with van der Waals surface area (Å²) < 4.78 is 0. The lowest BCUT2D eigenvalue weighted by molar-refractivity contribution is -0.125. The van der Waals surface area contributed by atoms with Crippen molar-refractivity contribution in [3.8, 4) is 0 Å². The predicted octanol–water partition coefficient (Wildman–Crippen LogP) is 2.86. The van der Waals surface area contributed by atoms with Crippen molar-refractivity contribution in [2.45, 2.75) is 32.4 Å². The summed E-state index contributed by atoms with van der Waals surface area (Å²) in [6.07, 6.45) is 1.99. The molecule has 0 saturated carbocycles. The van der Waals surface area contributed by atoms with Crippen molar-refractivity contribution in [3.05, 3.63) is 34.9 Å². The molecule has 3 N–H and O–H groups in total. The van der Waals surface area contributed by atoms with Gasteiger partial charge in [0.15, 0.2) is 0 Å². The van der Waals surface area contributed by atoms with Crippen LogP contribution in [-0.2, 0) is 11.3 Å². The minimum Gasteiger partial charge on any atom is -0.353 e. The van der Waals surface area contributed by atoms with Crippen LogP contribution in [-0.4, -0.2) is 36.5 Å². The van der Waals surface area contributed by atoms with Crippen LogP contribution in [0.1, 0.15) is 25.3 Å². The summed E-state index contributed by atoms with van der Waals surface area (Å²) in [7, 11) is 0. The molecule has 0 aliphatic carbocycles. The molecule has 1 saturated heterocycles. The molecule has 1 atom stereocenters. The standard InChI is InChI=1S/C16H24ClN3O.2ClH/c1-12(10-18)16(21)19-15-6-8-20(9-7-15)11-13-2-4-14(17)5-3-13;;/h2-5,12,15H,6-11,18H2,1H3,(H,19,21);2*1H. The average Bonchev–Trinajstić information content (AvgIpc) is 2.50. The molecule has 1 aliphatic heterocycles. The summed E-state index contributed by atoms with van der Waals surface area (Å²) in [6.45, 7) is 5.22. The van der Waals surface area contributed by atoms with Crippen LogP contribution in [0, 0.1) is 5.92 Å². The third-order valence-electron chi connectivity index (χ3n) is 4.05. The maximum Gasteiger partial charge on any atom is 0.224 e. The number of halogens is 3. The van der Waals surface area contributed by atoms with Gasteiger partial charge in [-0.05, 0) is 30.5 Å². The van der Waals surface area contributed by atoms with Crippen molar-refractivity contribution in [1.29, 1.82) is 0 Å². The van der Waals surface area contributed by atoms with E-state index in [-0.39, 0.29) is 42.7 Å². The van der Waals surface area contributed by atoms with Gasteiger partial charge in [0.1, 0.15) is 0 Å². The number of carbonyl (C=O) groups is 1. The van der Waals surface area contributed by atoms with Gasteiger partial charge in [-0.2, -0.15) is 0 Å². The quantitative estimate of drug-likeness (QED) is 0.823. The third kappa shape index (κ3) is 7.27. The van der Waals surface area contributed by atoms with Gasteiger partial charge in [0.25, 0.3) is 0 Å². The Hall–Kier alpha value is -0.520. The molecule has 1 fully saturated rings. The number of amides is 1. The highest BCUT2D eigenvalue weighted by molar-refractivity contribution is 6.30. The van der Waals surface area contributed by atoms with Crippen LogP contribution in [0.2, 0.25) is 5.02 Å². The lowest BCUT2D eigenvalue weighted by atomic mass is 10.0. The van der Waals surface area contributed by atoms with Crippen LogP contribution in [0.3, 0.4) is 0 Å². The second kappa shape index (κ2) is 11.1. The zero-order valence-corrected chi connectivity index (χ0v) is 15.7. The molecule has 2 rings (SSSR count). The normalized spacial score (nSPS) is 16.8. The summed E-state index contributed by atoms with van der Waals surface area (Å²) >= 11 is 5.90. The van der Waals surface area contributed by atoms with Crippen LogP contribution in [0.25, 0.3) is 0 Å². The number of nitrogens with one attached hydrogen (secondary N) is 1. The molecule has 0 bridgehead atoms. The highest BCUT2D eigenvalue weighted by atomic mass is 35.5. The van der Waals surface area contributed by atoms with Crippen LogP contribution < -0.4 is 11.1 Å². The van der Waals surface area contributed by atoms with Crippen LogP contribution >= 0.6 is 36.4 Å². The summed E-state index contributed by atoms with van der Waals surface area (Å²) in [5.74, 6) is -0.0225. The third-order valence-corrected chi connectivity index (χ3v) is 4.31. The van der Waals surface area contributed by atoms with Gasteiger partial charge < -0.3 is 11.1 Å². The number of piperidine rings is 1. The van der Waals surface area contributed by atoms with E-state index in [4.69, 9.17) is 17.3 Å². The van der Waals surface area contributed by atoms with Gasteiger partial charge in [-0.15, -0.1) is 24.8 Å². The van der Waals surface area contributed by atoms with Gasteiger partial charge in [0.2, 0.25) is 5.91 Å². The second-order valence-electron chi connectivity index (χ2n) is 5.82.